The van der Waals surface area contributed by atoms with Gasteiger partial charge in [-0.3, -0.25) is 4.79 Å². The Balaban J connectivity index is 2.43. The summed E-state index contributed by atoms with van der Waals surface area (Å²) in [5, 5.41) is 4.36. The molecule has 1 aromatic carbocycles. The van der Waals surface area contributed by atoms with Gasteiger partial charge in [-0.25, -0.2) is 0 Å². The van der Waals surface area contributed by atoms with Crippen LogP contribution in [0.25, 0.3) is 0 Å². The fraction of sp³-hybridized carbons (Fsp3) is 0.462. The Bertz CT molecular complexity index is 412. The number of hydrogen-bond acceptors (Lipinski definition) is 1. The Labute approximate surface area is 130 Å². The molecule has 1 aromatic rings. The maximum Gasteiger partial charge on any atom is 0.252 e. The van der Waals surface area contributed by atoms with Gasteiger partial charge in [0.1, 0.15) is 0 Å². The summed E-state index contributed by atoms with van der Waals surface area (Å²) in [4.78, 5) is 11.9. The predicted molar refractivity (Wildman–Crippen MR) is 83.7 cm³/mol. The zero-order valence-corrected chi connectivity index (χ0v) is 14.1. The average molecular weight is 398 g/mol. The average Bonchev–Trinajstić information content (AvgIpc) is 2.36. The summed E-state index contributed by atoms with van der Waals surface area (Å²) in [7, 11) is 0. The van der Waals surface area contributed by atoms with Crippen LogP contribution in [0.4, 0.5) is 0 Å². The number of amides is 1. The Morgan fingerprint density at radius 2 is 2.22 bits per heavy atom. The SMILES string of the molecule is CC(CBr)CCCNC(=O)c1cc(Br)ccc1Cl. The number of rotatable bonds is 6. The van der Waals surface area contributed by atoms with Gasteiger partial charge in [-0.05, 0) is 37.0 Å². The van der Waals surface area contributed by atoms with E-state index in [0.29, 0.717) is 23.0 Å². The molecule has 1 N–H and O–H groups in total. The summed E-state index contributed by atoms with van der Waals surface area (Å²) in [6.45, 7) is 2.86. The van der Waals surface area contributed by atoms with Gasteiger partial charge in [0.25, 0.3) is 5.91 Å². The molecule has 0 bridgehead atoms. The third-order valence-electron chi connectivity index (χ3n) is 2.60. The standard InChI is InChI=1S/C13H16Br2ClNO/c1-9(8-14)3-2-6-17-13(18)11-7-10(15)4-5-12(11)16/h4-5,7,9H,2-3,6,8H2,1H3,(H,17,18). The highest BCUT2D eigenvalue weighted by Crippen LogP contribution is 2.20. The minimum Gasteiger partial charge on any atom is -0.352 e. The Morgan fingerprint density at radius 1 is 1.50 bits per heavy atom. The molecule has 1 atom stereocenters. The molecule has 5 heteroatoms. The molecule has 1 rings (SSSR count). The van der Waals surface area contributed by atoms with Gasteiger partial charge < -0.3 is 5.32 Å². The van der Waals surface area contributed by atoms with Gasteiger partial charge >= 0.3 is 0 Å². The van der Waals surface area contributed by atoms with Gasteiger partial charge in [0, 0.05) is 16.3 Å². The molecule has 0 radical (unpaired) electrons. The highest BCUT2D eigenvalue weighted by molar-refractivity contribution is 9.10. The molecule has 0 aliphatic rings. The van der Waals surface area contributed by atoms with Crippen molar-refractivity contribution in [1.82, 2.24) is 5.32 Å². The number of carbonyl (C=O) groups excluding carboxylic acids is 1. The van der Waals surface area contributed by atoms with Crippen molar-refractivity contribution in [2.24, 2.45) is 5.92 Å². The second-order valence-electron chi connectivity index (χ2n) is 4.28. The molecular formula is C13H16Br2ClNO. The third-order valence-corrected chi connectivity index (χ3v) is 4.52. The smallest absolute Gasteiger partial charge is 0.252 e. The predicted octanol–water partition coefficient (Wildman–Crippen LogP) is 4.64. The third kappa shape index (κ3) is 5.29. The van der Waals surface area contributed by atoms with Crippen molar-refractivity contribution >= 4 is 49.4 Å². The maximum atomic E-state index is 11.9. The van der Waals surface area contributed by atoms with Crippen molar-refractivity contribution in [3.63, 3.8) is 0 Å². The first-order valence-electron chi connectivity index (χ1n) is 5.83. The summed E-state index contributed by atoms with van der Waals surface area (Å²) in [5.41, 5.74) is 0.514. The summed E-state index contributed by atoms with van der Waals surface area (Å²) >= 11 is 12.8. The van der Waals surface area contributed by atoms with Gasteiger partial charge in [-0.2, -0.15) is 0 Å². The molecule has 100 valence electrons. The summed E-state index contributed by atoms with van der Waals surface area (Å²) in [6, 6.07) is 5.27. The molecule has 1 unspecified atom stereocenters. The van der Waals surface area contributed by atoms with Crippen LogP contribution >= 0.6 is 43.5 Å². The number of nitrogens with one attached hydrogen (secondary N) is 1. The Kier molecular flexibility index (Phi) is 7.27. The minimum atomic E-state index is -0.118. The van der Waals surface area contributed by atoms with Gasteiger partial charge in [-0.15, -0.1) is 0 Å². The largest absolute Gasteiger partial charge is 0.352 e. The van der Waals surface area contributed by atoms with Gasteiger partial charge in [0.05, 0.1) is 10.6 Å². The summed E-state index contributed by atoms with van der Waals surface area (Å²) < 4.78 is 0.852. The fourth-order valence-corrected chi connectivity index (χ4v) is 2.38. The monoisotopic (exact) mass is 395 g/mol. The van der Waals surface area contributed by atoms with E-state index in [1.165, 1.54) is 0 Å². The lowest BCUT2D eigenvalue weighted by Gasteiger charge is -2.09. The van der Waals surface area contributed by atoms with E-state index in [0.717, 1.165) is 22.6 Å². The van der Waals surface area contributed by atoms with Crippen molar-refractivity contribution in [2.45, 2.75) is 19.8 Å². The van der Waals surface area contributed by atoms with Crippen LogP contribution in [0.1, 0.15) is 30.1 Å². The molecule has 2 nitrogen and oxygen atoms in total. The van der Waals surface area contributed by atoms with Crippen LogP contribution in [0, 0.1) is 5.92 Å². The van der Waals surface area contributed by atoms with Crippen molar-refractivity contribution in [2.75, 3.05) is 11.9 Å². The minimum absolute atomic E-state index is 0.118. The fourth-order valence-electron chi connectivity index (χ4n) is 1.50. The molecule has 1 amide bonds. The number of halogens is 3. The highest BCUT2D eigenvalue weighted by Gasteiger charge is 2.10. The first kappa shape index (κ1) is 16.0. The normalized spacial score (nSPS) is 12.2. The van der Waals surface area contributed by atoms with E-state index in [9.17, 15) is 4.79 Å². The van der Waals surface area contributed by atoms with Crippen LogP contribution < -0.4 is 5.32 Å². The second-order valence-corrected chi connectivity index (χ2v) is 6.25. The molecular weight excluding hydrogens is 381 g/mol. The first-order valence-corrected chi connectivity index (χ1v) is 8.13. The molecule has 0 saturated heterocycles. The van der Waals surface area contributed by atoms with Crippen molar-refractivity contribution < 1.29 is 4.79 Å². The zero-order chi connectivity index (χ0) is 13.5. The van der Waals surface area contributed by atoms with E-state index in [-0.39, 0.29) is 5.91 Å². The van der Waals surface area contributed by atoms with Gasteiger partial charge in [0.2, 0.25) is 0 Å². The lowest BCUT2D eigenvalue weighted by molar-refractivity contribution is 0.0952. The first-order chi connectivity index (χ1) is 8.54. The maximum absolute atomic E-state index is 11.9. The molecule has 0 aromatic heterocycles. The lowest BCUT2D eigenvalue weighted by atomic mass is 10.1. The van der Waals surface area contributed by atoms with E-state index in [1.54, 1.807) is 12.1 Å². The molecule has 0 aliphatic heterocycles. The topological polar surface area (TPSA) is 29.1 Å². The van der Waals surface area contributed by atoms with Crippen LogP contribution in [0.2, 0.25) is 5.02 Å². The molecule has 0 spiro atoms. The van der Waals surface area contributed by atoms with Gasteiger partial charge in [-0.1, -0.05) is 50.4 Å². The molecule has 0 aliphatic carbocycles. The second kappa shape index (κ2) is 8.18. The number of alkyl halides is 1. The zero-order valence-electron chi connectivity index (χ0n) is 10.2. The van der Waals surface area contributed by atoms with Crippen LogP contribution in [0.3, 0.4) is 0 Å². The number of benzene rings is 1. The Hall–Kier alpha value is -0.0600. The van der Waals surface area contributed by atoms with Crippen molar-refractivity contribution in [1.29, 1.82) is 0 Å². The van der Waals surface area contributed by atoms with Gasteiger partial charge in [0.15, 0.2) is 0 Å². The van der Waals surface area contributed by atoms with Crippen LogP contribution in [-0.2, 0) is 0 Å². The molecule has 18 heavy (non-hydrogen) atoms. The molecule has 0 fully saturated rings. The summed E-state index contributed by atoms with van der Waals surface area (Å²) in [5.74, 6) is 0.518. The molecule has 0 saturated carbocycles. The van der Waals surface area contributed by atoms with Crippen LogP contribution in [-0.4, -0.2) is 17.8 Å². The van der Waals surface area contributed by atoms with Crippen LogP contribution in [0.15, 0.2) is 22.7 Å². The van der Waals surface area contributed by atoms with Crippen LogP contribution in [0.5, 0.6) is 0 Å². The number of hydrogen-bond donors (Lipinski definition) is 1. The quantitative estimate of drug-likeness (QED) is 0.550. The van der Waals surface area contributed by atoms with E-state index < -0.39 is 0 Å². The lowest BCUT2D eigenvalue weighted by Crippen LogP contribution is -2.25. The highest BCUT2D eigenvalue weighted by atomic mass is 79.9. The number of carbonyl (C=O) groups is 1. The summed E-state index contributed by atoms with van der Waals surface area (Å²) in [6.07, 6.45) is 2.07. The van der Waals surface area contributed by atoms with E-state index in [4.69, 9.17) is 11.6 Å². The van der Waals surface area contributed by atoms with Crippen molar-refractivity contribution in [3.8, 4) is 0 Å². The molecule has 0 heterocycles. The van der Waals surface area contributed by atoms with E-state index >= 15 is 0 Å². The van der Waals surface area contributed by atoms with E-state index in [1.807, 2.05) is 6.07 Å². The van der Waals surface area contributed by atoms with Crippen molar-refractivity contribution in [3.05, 3.63) is 33.3 Å². The Morgan fingerprint density at radius 3 is 2.89 bits per heavy atom. The van der Waals surface area contributed by atoms with E-state index in [2.05, 4.69) is 44.1 Å².